The summed E-state index contributed by atoms with van der Waals surface area (Å²) < 4.78 is 0. The Morgan fingerprint density at radius 2 is 1.88 bits per heavy atom. The number of halogens is 1. The average molecular weight is 343 g/mol. The first-order chi connectivity index (χ1) is 11.7. The molecular weight excluding hydrogens is 320 g/mol. The van der Waals surface area contributed by atoms with Crippen molar-refractivity contribution in [3.63, 3.8) is 0 Å². The number of carbonyl (C=O) groups excluding carboxylic acids is 1. The molecule has 1 aliphatic carbocycles. The van der Waals surface area contributed by atoms with E-state index in [9.17, 15) is 4.79 Å². The summed E-state index contributed by atoms with van der Waals surface area (Å²) in [6, 6.07) is 17.5. The molecule has 4 heteroatoms. The average Bonchev–Trinajstić information content (AvgIpc) is 3.09. The van der Waals surface area contributed by atoms with Gasteiger partial charge in [-0.15, -0.1) is 0 Å². The van der Waals surface area contributed by atoms with E-state index in [1.54, 1.807) is 0 Å². The number of rotatable bonds is 5. The fourth-order valence-corrected chi connectivity index (χ4v) is 3.80. The third kappa shape index (κ3) is 3.80. The van der Waals surface area contributed by atoms with E-state index < -0.39 is 0 Å². The van der Waals surface area contributed by atoms with E-state index in [1.165, 1.54) is 0 Å². The minimum Gasteiger partial charge on any atom is -0.345 e. The van der Waals surface area contributed by atoms with Crippen LogP contribution >= 0.6 is 11.6 Å². The van der Waals surface area contributed by atoms with Crippen LogP contribution in [-0.4, -0.2) is 12.5 Å². The lowest BCUT2D eigenvalue weighted by molar-refractivity contribution is -0.126. The zero-order chi connectivity index (χ0) is 16.9. The van der Waals surface area contributed by atoms with Crippen LogP contribution in [0.1, 0.15) is 36.4 Å². The molecule has 1 fully saturated rings. The molecular formula is C20H23ClN2O. The highest BCUT2D eigenvalue weighted by Gasteiger charge is 2.33. The van der Waals surface area contributed by atoms with Crippen LogP contribution in [0.25, 0.3) is 0 Å². The highest BCUT2D eigenvalue weighted by Crippen LogP contribution is 2.32. The van der Waals surface area contributed by atoms with Crippen molar-refractivity contribution >= 4 is 17.5 Å². The predicted octanol–water partition coefficient (Wildman–Crippen LogP) is 3.92. The molecule has 3 atom stereocenters. The Bertz CT molecular complexity index is 689. The van der Waals surface area contributed by atoms with Crippen LogP contribution in [0.4, 0.5) is 0 Å². The molecule has 126 valence electrons. The molecule has 3 nitrogen and oxygen atoms in total. The Labute approximate surface area is 148 Å². The number of nitrogens with one attached hydrogen (secondary N) is 1. The summed E-state index contributed by atoms with van der Waals surface area (Å²) in [6.45, 7) is 0.575. The van der Waals surface area contributed by atoms with Crippen LogP contribution in [0.5, 0.6) is 0 Å². The lowest BCUT2D eigenvalue weighted by Gasteiger charge is -2.24. The van der Waals surface area contributed by atoms with Crippen molar-refractivity contribution in [1.82, 2.24) is 5.32 Å². The van der Waals surface area contributed by atoms with Gasteiger partial charge >= 0.3 is 0 Å². The van der Waals surface area contributed by atoms with Gasteiger partial charge in [-0.2, -0.15) is 0 Å². The molecule has 1 amide bonds. The zero-order valence-electron chi connectivity index (χ0n) is 13.6. The smallest absolute Gasteiger partial charge is 0.224 e. The van der Waals surface area contributed by atoms with Crippen LogP contribution < -0.4 is 11.1 Å². The Hall–Kier alpha value is -1.84. The summed E-state index contributed by atoms with van der Waals surface area (Å²) in [5.74, 6) is 0.401. The van der Waals surface area contributed by atoms with E-state index >= 15 is 0 Å². The van der Waals surface area contributed by atoms with Crippen molar-refractivity contribution in [3.05, 3.63) is 70.7 Å². The van der Waals surface area contributed by atoms with Crippen LogP contribution in [-0.2, 0) is 4.79 Å². The summed E-state index contributed by atoms with van der Waals surface area (Å²) in [5, 5.41) is 3.90. The summed E-state index contributed by atoms with van der Waals surface area (Å²) in [6.07, 6.45) is 3.04. The third-order valence-corrected chi connectivity index (χ3v) is 5.14. The van der Waals surface area contributed by atoms with Crippen LogP contribution in [0.3, 0.4) is 0 Å². The van der Waals surface area contributed by atoms with Gasteiger partial charge in [0.2, 0.25) is 5.91 Å². The van der Waals surface area contributed by atoms with E-state index in [0.29, 0.717) is 17.5 Å². The zero-order valence-corrected chi connectivity index (χ0v) is 14.4. The molecule has 2 aromatic rings. The fraction of sp³-hybridized carbons (Fsp3) is 0.350. The molecule has 0 radical (unpaired) electrons. The highest BCUT2D eigenvalue weighted by molar-refractivity contribution is 6.30. The molecule has 0 spiro atoms. The summed E-state index contributed by atoms with van der Waals surface area (Å²) in [4.78, 5) is 12.9. The van der Waals surface area contributed by atoms with Gasteiger partial charge in [0.1, 0.15) is 0 Å². The van der Waals surface area contributed by atoms with E-state index in [2.05, 4.69) is 5.32 Å². The largest absolute Gasteiger partial charge is 0.345 e. The van der Waals surface area contributed by atoms with Crippen molar-refractivity contribution < 1.29 is 4.79 Å². The lowest BCUT2D eigenvalue weighted by atomic mass is 9.93. The minimum absolute atomic E-state index is 0.0143. The van der Waals surface area contributed by atoms with Gasteiger partial charge in [0.15, 0.2) is 0 Å². The lowest BCUT2D eigenvalue weighted by Crippen LogP contribution is -2.37. The van der Waals surface area contributed by atoms with E-state index in [4.69, 9.17) is 17.3 Å². The van der Waals surface area contributed by atoms with Crippen LogP contribution in [0.15, 0.2) is 54.6 Å². The van der Waals surface area contributed by atoms with Crippen molar-refractivity contribution in [1.29, 1.82) is 0 Å². The normalized spacial score (nSPS) is 21.4. The molecule has 3 rings (SSSR count). The quantitative estimate of drug-likeness (QED) is 0.865. The molecule has 0 aromatic heterocycles. The number of hydrogen-bond acceptors (Lipinski definition) is 2. The molecule has 0 heterocycles. The number of nitrogens with two attached hydrogens (primary N) is 1. The maximum Gasteiger partial charge on any atom is 0.224 e. The molecule has 1 aliphatic rings. The molecule has 0 bridgehead atoms. The van der Waals surface area contributed by atoms with Gasteiger partial charge in [-0.1, -0.05) is 60.5 Å². The van der Waals surface area contributed by atoms with Crippen molar-refractivity contribution in [2.75, 3.05) is 6.54 Å². The number of benzene rings is 2. The van der Waals surface area contributed by atoms with E-state index in [0.717, 1.165) is 30.4 Å². The molecule has 1 unspecified atom stereocenters. The standard InChI is InChI=1S/C20H23ClN2O/c21-17-10-4-8-15(12-17)19(14-6-2-1-3-7-14)23-20(24)18-11-5-9-16(18)13-22/h1-4,6-8,10,12,16,18-19H,5,9,11,13,22H2,(H,23,24)/t16-,18-,19?/m1/s1. The Balaban J connectivity index is 1.87. The van der Waals surface area contributed by atoms with Gasteiger partial charge < -0.3 is 11.1 Å². The van der Waals surface area contributed by atoms with E-state index in [-0.39, 0.29) is 17.9 Å². The number of hydrogen-bond donors (Lipinski definition) is 2. The first kappa shape index (κ1) is 17.0. The van der Waals surface area contributed by atoms with Gasteiger partial charge in [0, 0.05) is 10.9 Å². The predicted molar refractivity (Wildman–Crippen MR) is 97.8 cm³/mol. The van der Waals surface area contributed by atoms with Crippen molar-refractivity contribution in [2.24, 2.45) is 17.6 Å². The van der Waals surface area contributed by atoms with Crippen LogP contribution in [0, 0.1) is 11.8 Å². The van der Waals surface area contributed by atoms with Crippen LogP contribution in [0.2, 0.25) is 5.02 Å². The van der Waals surface area contributed by atoms with Gasteiger partial charge in [0.05, 0.1) is 6.04 Å². The Morgan fingerprint density at radius 3 is 2.58 bits per heavy atom. The second-order valence-corrected chi connectivity index (χ2v) is 6.88. The molecule has 0 aliphatic heterocycles. The number of carbonyl (C=O) groups is 1. The Kier molecular flexibility index (Phi) is 5.54. The summed E-state index contributed by atoms with van der Waals surface area (Å²) in [7, 11) is 0. The highest BCUT2D eigenvalue weighted by atomic mass is 35.5. The summed E-state index contributed by atoms with van der Waals surface area (Å²) >= 11 is 6.16. The van der Waals surface area contributed by atoms with Crippen molar-refractivity contribution in [3.8, 4) is 0 Å². The van der Waals surface area contributed by atoms with Gasteiger partial charge in [-0.05, 0) is 48.6 Å². The maximum atomic E-state index is 12.9. The summed E-state index contributed by atoms with van der Waals surface area (Å²) in [5.41, 5.74) is 7.88. The van der Waals surface area contributed by atoms with Gasteiger partial charge in [0.25, 0.3) is 0 Å². The second-order valence-electron chi connectivity index (χ2n) is 6.44. The number of amides is 1. The molecule has 1 saturated carbocycles. The molecule has 3 N–H and O–H groups in total. The monoisotopic (exact) mass is 342 g/mol. The van der Waals surface area contributed by atoms with Crippen molar-refractivity contribution in [2.45, 2.75) is 25.3 Å². The van der Waals surface area contributed by atoms with Gasteiger partial charge in [-0.3, -0.25) is 4.79 Å². The third-order valence-electron chi connectivity index (χ3n) is 4.90. The fourth-order valence-electron chi connectivity index (χ4n) is 3.60. The minimum atomic E-state index is -0.198. The first-order valence-electron chi connectivity index (χ1n) is 8.50. The van der Waals surface area contributed by atoms with E-state index in [1.807, 2.05) is 54.6 Å². The molecule has 0 saturated heterocycles. The second kappa shape index (κ2) is 7.82. The Morgan fingerprint density at radius 1 is 1.12 bits per heavy atom. The maximum absolute atomic E-state index is 12.9. The molecule has 24 heavy (non-hydrogen) atoms. The molecule has 2 aromatic carbocycles. The topological polar surface area (TPSA) is 55.1 Å². The SMILES string of the molecule is NC[C@H]1CCC[C@H]1C(=O)NC(c1ccccc1)c1cccc(Cl)c1. The first-order valence-corrected chi connectivity index (χ1v) is 8.87. The van der Waals surface area contributed by atoms with Gasteiger partial charge in [-0.25, -0.2) is 0 Å².